The van der Waals surface area contributed by atoms with Crippen molar-refractivity contribution in [1.82, 2.24) is 9.78 Å². The summed E-state index contributed by atoms with van der Waals surface area (Å²) < 4.78 is 2.46. The summed E-state index contributed by atoms with van der Waals surface area (Å²) >= 11 is 3.37. The number of nitrogens with zero attached hydrogens (tertiary/aromatic N) is 2. The van der Waals surface area contributed by atoms with Crippen LogP contribution >= 0.6 is 15.9 Å². The lowest BCUT2D eigenvalue weighted by Crippen LogP contribution is -2.29. The van der Waals surface area contributed by atoms with Crippen LogP contribution in [0.3, 0.4) is 0 Å². The molecule has 2 unspecified atom stereocenters. The van der Waals surface area contributed by atoms with Gasteiger partial charge in [0.05, 0.1) is 22.5 Å². The summed E-state index contributed by atoms with van der Waals surface area (Å²) in [6.07, 6.45) is 1.72. The molecule has 0 fully saturated rings. The third kappa shape index (κ3) is 3.09. The molecule has 2 N–H and O–H groups in total. The van der Waals surface area contributed by atoms with Gasteiger partial charge in [0.25, 0.3) is 0 Å². The molecule has 1 rings (SSSR count). The Labute approximate surface area is 111 Å². The summed E-state index contributed by atoms with van der Waals surface area (Å²) in [5, 5.41) is 24.6. The second-order valence-corrected chi connectivity index (χ2v) is 5.06. The fraction of sp³-hybridized carbons (Fsp3) is 0.750. The van der Waals surface area contributed by atoms with Crippen molar-refractivity contribution in [3.05, 3.63) is 16.4 Å². The minimum Gasteiger partial charge on any atom is -0.390 e. The molecule has 98 valence electrons. The molecule has 2 atom stereocenters. The van der Waals surface area contributed by atoms with Gasteiger partial charge in [-0.25, -0.2) is 0 Å². The first-order valence-corrected chi connectivity index (χ1v) is 6.93. The minimum atomic E-state index is -0.892. The van der Waals surface area contributed by atoms with Gasteiger partial charge in [0.15, 0.2) is 0 Å². The summed E-state index contributed by atoms with van der Waals surface area (Å²) in [4.78, 5) is 0. The first kappa shape index (κ1) is 14.7. The van der Waals surface area contributed by atoms with Gasteiger partial charge in [-0.1, -0.05) is 26.7 Å². The number of halogens is 1. The first-order chi connectivity index (χ1) is 8.06. The molecule has 1 aromatic rings. The van der Waals surface area contributed by atoms with Gasteiger partial charge in [-0.3, -0.25) is 4.68 Å². The minimum absolute atomic E-state index is 0.108. The van der Waals surface area contributed by atoms with Gasteiger partial charge < -0.3 is 10.2 Å². The van der Waals surface area contributed by atoms with Crippen molar-refractivity contribution < 1.29 is 10.2 Å². The number of aryl methyl sites for hydroxylation is 1. The topological polar surface area (TPSA) is 58.3 Å². The van der Waals surface area contributed by atoms with Crippen molar-refractivity contribution in [3.8, 4) is 0 Å². The number of aliphatic hydroxyl groups is 2. The quantitative estimate of drug-likeness (QED) is 0.849. The van der Waals surface area contributed by atoms with E-state index in [0.29, 0.717) is 12.2 Å². The van der Waals surface area contributed by atoms with Crippen LogP contribution in [-0.2, 0) is 6.54 Å². The molecule has 0 aliphatic rings. The van der Waals surface area contributed by atoms with Crippen LogP contribution in [-0.4, -0.2) is 26.1 Å². The second-order valence-electron chi connectivity index (χ2n) is 4.21. The molecule has 0 spiro atoms. The summed E-state index contributed by atoms with van der Waals surface area (Å²) in [5.74, 6) is 0.108. The molecule has 0 aliphatic heterocycles. The Morgan fingerprint density at radius 1 is 1.29 bits per heavy atom. The van der Waals surface area contributed by atoms with Crippen LogP contribution in [0.4, 0.5) is 0 Å². The Kier molecular flexibility index (Phi) is 5.62. The van der Waals surface area contributed by atoms with E-state index in [2.05, 4.69) is 21.0 Å². The van der Waals surface area contributed by atoms with Crippen molar-refractivity contribution in [1.29, 1.82) is 0 Å². The Hall–Kier alpha value is -0.390. The second kappa shape index (κ2) is 6.52. The molecule has 0 radical (unpaired) electrons. The lowest BCUT2D eigenvalue weighted by atomic mass is 9.91. The van der Waals surface area contributed by atoms with Crippen molar-refractivity contribution in [2.24, 2.45) is 5.92 Å². The highest BCUT2D eigenvalue weighted by molar-refractivity contribution is 9.10. The zero-order valence-electron chi connectivity index (χ0n) is 10.6. The smallest absolute Gasteiger partial charge is 0.123 e. The van der Waals surface area contributed by atoms with Gasteiger partial charge >= 0.3 is 0 Å². The molecule has 0 amide bonds. The van der Waals surface area contributed by atoms with Crippen LogP contribution in [0.2, 0.25) is 0 Å². The summed E-state index contributed by atoms with van der Waals surface area (Å²) in [5.41, 5.74) is 0.659. The van der Waals surface area contributed by atoms with E-state index in [4.69, 9.17) is 0 Å². The third-order valence-corrected chi connectivity index (χ3v) is 3.88. The summed E-state index contributed by atoms with van der Waals surface area (Å²) in [6, 6.07) is 0. The van der Waals surface area contributed by atoms with Crippen LogP contribution in [0.25, 0.3) is 0 Å². The van der Waals surface area contributed by atoms with E-state index in [9.17, 15) is 10.2 Å². The molecule has 17 heavy (non-hydrogen) atoms. The van der Waals surface area contributed by atoms with Gasteiger partial charge in [-0.15, -0.1) is 0 Å². The summed E-state index contributed by atoms with van der Waals surface area (Å²) in [6.45, 7) is 6.68. The van der Waals surface area contributed by atoms with Crippen LogP contribution in [0.15, 0.2) is 10.7 Å². The average Bonchev–Trinajstić information content (AvgIpc) is 2.70. The fourth-order valence-corrected chi connectivity index (χ4v) is 2.64. The third-order valence-electron chi connectivity index (χ3n) is 3.27. The summed E-state index contributed by atoms with van der Waals surface area (Å²) in [7, 11) is 0. The average molecular weight is 305 g/mol. The molecule has 4 nitrogen and oxygen atoms in total. The van der Waals surface area contributed by atoms with Crippen LogP contribution in [0, 0.1) is 5.92 Å². The number of aliphatic hydroxyl groups excluding tert-OH is 2. The van der Waals surface area contributed by atoms with E-state index in [0.717, 1.165) is 17.3 Å². The molecule has 5 heteroatoms. The normalized spacial score (nSPS) is 15.2. The molecule has 1 aromatic heterocycles. The number of aromatic nitrogens is 2. The lowest BCUT2D eigenvalue weighted by molar-refractivity contribution is -0.0255. The molecular formula is C12H21BrN2O2. The Bertz CT molecular complexity index is 350. The molecule has 0 saturated carbocycles. The van der Waals surface area contributed by atoms with Gasteiger partial charge in [0, 0.05) is 6.54 Å². The zero-order valence-corrected chi connectivity index (χ0v) is 12.2. The first-order valence-electron chi connectivity index (χ1n) is 6.14. The van der Waals surface area contributed by atoms with Crippen molar-refractivity contribution in [2.45, 2.75) is 52.4 Å². The zero-order chi connectivity index (χ0) is 13.0. The van der Waals surface area contributed by atoms with E-state index < -0.39 is 12.2 Å². The van der Waals surface area contributed by atoms with E-state index in [1.165, 1.54) is 0 Å². The molecule has 0 saturated heterocycles. The number of hydrogen-bond donors (Lipinski definition) is 2. The molecular weight excluding hydrogens is 284 g/mol. The monoisotopic (exact) mass is 304 g/mol. The van der Waals surface area contributed by atoms with Crippen LogP contribution in [0.5, 0.6) is 0 Å². The van der Waals surface area contributed by atoms with Gasteiger partial charge in [-0.2, -0.15) is 5.10 Å². The molecule has 0 aromatic carbocycles. The van der Waals surface area contributed by atoms with Gasteiger partial charge in [-0.05, 0) is 28.8 Å². The highest BCUT2D eigenvalue weighted by Gasteiger charge is 2.29. The highest BCUT2D eigenvalue weighted by atomic mass is 79.9. The predicted molar refractivity (Wildman–Crippen MR) is 70.6 cm³/mol. The van der Waals surface area contributed by atoms with Crippen molar-refractivity contribution in [2.75, 3.05) is 0 Å². The predicted octanol–water partition coefficient (Wildman–Crippen LogP) is 2.50. The van der Waals surface area contributed by atoms with Gasteiger partial charge in [0.1, 0.15) is 6.10 Å². The Balaban J connectivity index is 2.94. The van der Waals surface area contributed by atoms with E-state index >= 15 is 0 Å². The van der Waals surface area contributed by atoms with Crippen molar-refractivity contribution >= 4 is 15.9 Å². The largest absolute Gasteiger partial charge is 0.390 e. The SMILES string of the molecule is CCC(CC)C(O)C(O)c1c(Br)cnn1CC. The number of hydrogen-bond acceptors (Lipinski definition) is 3. The maximum atomic E-state index is 10.3. The van der Waals surface area contributed by atoms with E-state index in [1.54, 1.807) is 10.9 Å². The lowest BCUT2D eigenvalue weighted by Gasteiger charge is -2.25. The van der Waals surface area contributed by atoms with Crippen molar-refractivity contribution in [3.63, 3.8) is 0 Å². The maximum Gasteiger partial charge on any atom is 0.123 e. The van der Waals surface area contributed by atoms with Crippen LogP contribution < -0.4 is 0 Å². The molecule has 0 bridgehead atoms. The Morgan fingerprint density at radius 3 is 2.35 bits per heavy atom. The highest BCUT2D eigenvalue weighted by Crippen LogP contribution is 2.30. The Morgan fingerprint density at radius 2 is 1.88 bits per heavy atom. The van der Waals surface area contributed by atoms with E-state index in [1.807, 2.05) is 20.8 Å². The standard InChI is InChI=1S/C12H21BrN2O2/c1-4-8(5-2)11(16)12(17)10-9(13)7-14-15(10)6-3/h7-8,11-12,16-17H,4-6H2,1-3H3. The van der Waals surface area contributed by atoms with Crippen LogP contribution in [0.1, 0.15) is 45.4 Å². The molecule has 0 aliphatic carbocycles. The molecule has 1 heterocycles. The maximum absolute atomic E-state index is 10.3. The number of rotatable bonds is 6. The van der Waals surface area contributed by atoms with E-state index in [-0.39, 0.29) is 5.92 Å². The fourth-order valence-electron chi connectivity index (χ4n) is 2.11. The van der Waals surface area contributed by atoms with Gasteiger partial charge in [0.2, 0.25) is 0 Å².